The van der Waals surface area contributed by atoms with E-state index in [2.05, 4.69) is 109 Å². The van der Waals surface area contributed by atoms with Crippen molar-refractivity contribution in [2.75, 3.05) is 6.54 Å². The molecule has 3 aromatic carbocycles. The van der Waals surface area contributed by atoms with Gasteiger partial charge in [0.15, 0.2) is 0 Å². The fraction of sp³-hybridized carbons (Fsp3) is 0.357. The van der Waals surface area contributed by atoms with E-state index in [-0.39, 0.29) is 6.04 Å². The molecule has 0 radical (unpaired) electrons. The Morgan fingerprint density at radius 1 is 0.710 bits per heavy atom. The van der Waals surface area contributed by atoms with Gasteiger partial charge >= 0.3 is 0 Å². The van der Waals surface area contributed by atoms with Crippen LogP contribution in [-0.4, -0.2) is 28.7 Å². The second-order valence-corrected chi connectivity index (χ2v) is 8.76. The number of aliphatic hydroxyl groups is 1. The minimum atomic E-state index is -0.446. The van der Waals surface area contributed by atoms with Crippen LogP contribution in [0.4, 0.5) is 0 Å². The van der Waals surface area contributed by atoms with Crippen molar-refractivity contribution >= 4 is 0 Å². The van der Waals surface area contributed by atoms with Crippen LogP contribution in [-0.2, 0) is 19.6 Å². The molecule has 0 heterocycles. The third-order valence-electron chi connectivity index (χ3n) is 5.61. The summed E-state index contributed by atoms with van der Waals surface area (Å²) in [6.07, 6.45) is 0.506. The van der Waals surface area contributed by atoms with Gasteiger partial charge in [0.05, 0.1) is 6.10 Å². The summed E-state index contributed by atoms with van der Waals surface area (Å²) in [5.74, 6) is 0.503. The van der Waals surface area contributed by atoms with Crippen LogP contribution in [0, 0.1) is 5.92 Å². The van der Waals surface area contributed by atoms with Gasteiger partial charge in [-0.25, -0.2) is 0 Å². The fourth-order valence-corrected chi connectivity index (χ4v) is 4.06. The summed E-state index contributed by atoms with van der Waals surface area (Å²) in [6.45, 7) is 7.46. The Balaban J connectivity index is 1.73. The maximum Gasteiger partial charge on any atom is 0.0819 e. The van der Waals surface area contributed by atoms with Crippen LogP contribution in [0.25, 0.3) is 0 Å². The van der Waals surface area contributed by atoms with Crippen molar-refractivity contribution in [1.82, 2.24) is 10.2 Å². The summed E-state index contributed by atoms with van der Waals surface area (Å²) >= 11 is 0. The molecule has 2 N–H and O–H groups in total. The van der Waals surface area contributed by atoms with E-state index in [1.807, 2.05) is 6.07 Å². The van der Waals surface area contributed by atoms with Crippen molar-refractivity contribution in [3.8, 4) is 0 Å². The molecule has 0 fully saturated rings. The second-order valence-electron chi connectivity index (χ2n) is 8.76. The quantitative estimate of drug-likeness (QED) is 0.423. The minimum absolute atomic E-state index is 0.0729. The van der Waals surface area contributed by atoms with Gasteiger partial charge in [-0.2, -0.15) is 0 Å². The number of benzene rings is 3. The van der Waals surface area contributed by atoms with Gasteiger partial charge in [0.1, 0.15) is 0 Å². The molecule has 0 aliphatic rings. The van der Waals surface area contributed by atoms with E-state index < -0.39 is 6.10 Å². The molecule has 0 saturated heterocycles. The SMILES string of the molecule is CC(C)C[C@@H]([C@@H](O)CNCc1ccccc1)N(Cc1ccccc1)Cc1ccccc1. The van der Waals surface area contributed by atoms with Gasteiger partial charge in [-0.15, -0.1) is 0 Å². The Morgan fingerprint density at radius 3 is 1.61 bits per heavy atom. The van der Waals surface area contributed by atoms with Crippen molar-refractivity contribution in [3.05, 3.63) is 108 Å². The highest BCUT2D eigenvalue weighted by Crippen LogP contribution is 2.21. The second kappa shape index (κ2) is 12.4. The molecule has 31 heavy (non-hydrogen) atoms. The Hall–Kier alpha value is -2.46. The van der Waals surface area contributed by atoms with Gasteiger partial charge < -0.3 is 10.4 Å². The van der Waals surface area contributed by atoms with Crippen molar-refractivity contribution in [2.45, 2.75) is 52.0 Å². The average Bonchev–Trinajstić information content (AvgIpc) is 2.79. The Kier molecular flexibility index (Phi) is 9.29. The van der Waals surface area contributed by atoms with Crippen molar-refractivity contribution in [3.63, 3.8) is 0 Å². The van der Waals surface area contributed by atoms with E-state index in [9.17, 15) is 5.11 Å². The summed E-state index contributed by atoms with van der Waals surface area (Å²) in [5.41, 5.74) is 3.79. The molecule has 0 spiro atoms. The lowest BCUT2D eigenvalue weighted by atomic mass is 9.96. The first-order valence-electron chi connectivity index (χ1n) is 11.4. The number of nitrogens with one attached hydrogen (secondary N) is 1. The molecule has 3 aromatic rings. The molecule has 0 bridgehead atoms. The van der Waals surface area contributed by atoms with Crippen molar-refractivity contribution in [2.24, 2.45) is 5.92 Å². The molecule has 0 aliphatic carbocycles. The zero-order valence-electron chi connectivity index (χ0n) is 18.8. The molecular weight excluding hydrogens is 380 g/mol. The van der Waals surface area contributed by atoms with Gasteiger partial charge in [0.25, 0.3) is 0 Å². The van der Waals surface area contributed by atoms with Gasteiger partial charge in [-0.3, -0.25) is 4.90 Å². The number of hydrogen-bond acceptors (Lipinski definition) is 3. The van der Waals surface area contributed by atoms with Gasteiger partial charge in [0.2, 0.25) is 0 Å². The first kappa shape index (κ1) is 23.2. The minimum Gasteiger partial charge on any atom is -0.390 e. The first-order valence-corrected chi connectivity index (χ1v) is 11.4. The van der Waals surface area contributed by atoms with E-state index >= 15 is 0 Å². The highest BCUT2D eigenvalue weighted by Gasteiger charge is 2.27. The summed E-state index contributed by atoms with van der Waals surface area (Å²) in [6, 6.07) is 31.6. The topological polar surface area (TPSA) is 35.5 Å². The first-order chi connectivity index (χ1) is 15.1. The van der Waals surface area contributed by atoms with Gasteiger partial charge in [-0.1, -0.05) is 105 Å². The van der Waals surface area contributed by atoms with Crippen LogP contribution in [0.2, 0.25) is 0 Å². The lowest BCUT2D eigenvalue weighted by molar-refractivity contribution is 0.0279. The van der Waals surface area contributed by atoms with E-state index in [1.54, 1.807) is 0 Å². The van der Waals surface area contributed by atoms with Gasteiger partial charge in [-0.05, 0) is 29.0 Å². The smallest absolute Gasteiger partial charge is 0.0819 e. The Labute approximate surface area is 187 Å². The lowest BCUT2D eigenvalue weighted by Gasteiger charge is -2.36. The fourth-order valence-electron chi connectivity index (χ4n) is 4.06. The van der Waals surface area contributed by atoms with Crippen LogP contribution in [0.1, 0.15) is 37.0 Å². The Bertz CT molecular complexity index is 810. The standard InChI is InChI=1S/C28H36N2O/c1-23(2)18-27(28(31)20-29-19-24-12-6-3-7-13-24)30(21-25-14-8-4-9-15-25)22-26-16-10-5-11-17-26/h3-17,23,27-29,31H,18-22H2,1-2H3/t27-,28-/m0/s1. The van der Waals surface area contributed by atoms with Crippen LogP contribution in [0.5, 0.6) is 0 Å². The number of aliphatic hydroxyl groups excluding tert-OH is 1. The van der Waals surface area contributed by atoms with Crippen LogP contribution in [0.3, 0.4) is 0 Å². The summed E-state index contributed by atoms with van der Waals surface area (Å²) in [4.78, 5) is 2.44. The molecule has 164 valence electrons. The highest BCUT2D eigenvalue weighted by atomic mass is 16.3. The zero-order chi connectivity index (χ0) is 21.9. The monoisotopic (exact) mass is 416 g/mol. The highest BCUT2D eigenvalue weighted by molar-refractivity contribution is 5.18. The third-order valence-corrected chi connectivity index (χ3v) is 5.61. The molecule has 3 rings (SSSR count). The lowest BCUT2D eigenvalue weighted by Crippen LogP contribution is -2.47. The molecule has 0 aliphatic heterocycles. The number of nitrogens with zero attached hydrogens (tertiary/aromatic N) is 1. The summed E-state index contributed by atoms with van der Waals surface area (Å²) < 4.78 is 0. The molecule has 0 unspecified atom stereocenters. The maximum atomic E-state index is 11.3. The van der Waals surface area contributed by atoms with Crippen LogP contribution < -0.4 is 5.32 Å². The molecule has 2 atom stereocenters. The van der Waals surface area contributed by atoms with E-state index in [0.29, 0.717) is 12.5 Å². The normalized spacial score (nSPS) is 13.5. The number of hydrogen-bond donors (Lipinski definition) is 2. The largest absolute Gasteiger partial charge is 0.390 e. The van der Waals surface area contributed by atoms with E-state index in [4.69, 9.17) is 0 Å². The average molecular weight is 417 g/mol. The van der Waals surface area contributed by atoms with Crippen molar-refractivity contribution < 1.29 is 5.11 Å². The molecule has 0 aromatic heterocycles. The summed E-state index contributed by atoms with van der Waals surface area (Å²) in [5, 5.41) is 14.7. The van der Waals surface area contributed by atoms with Crippen molar-refractivity contribution in [1.29, 1.82) is 0 Å². The maximum absolute atomic E-state index is 11.3. The predicted octanol–water partition coefficient (Wildman–Crippen LogP) is 5.25. The summed E-state index contributed by atoms with van der Waals surface area (Å²) in [7, 11) is 0. The Morgan fingerprint density at radius 2 is 1.16 bits per heavy atom. The van der Waals surface area contributed by atoms with Gasteiger partial charge in [0, 0.05) is 32.2 Å². The van der Waals surface area contributed by atoms with Crippen LogP contribution in [0.15, 0.2) is 91.0 Å². The zero-order valence-corrected chi connectivity index (χ0v) is 18.8. The molecular formula is C28H36N2O. The molecule has 3 nitrogen and oxygen atoms in total. The molecule has 3 heteroatoms. The molecule has 0 amide bonds. The number of rotatable bonds is 12. The third kappa shape index (κ3) is 7.95. The molecule has 0 saturated carbocycles. The van der Waals surface area contributed by atoms with Crippen LogP contribution >= 0.6 is 0 Å². The predicted molar refractivity (Wildman–Crippen MR) is 130 cm³/mol. The van der Waals surface area contributed by atoms with E-state index in [0.717, 1.165) is 26.1 Å². The van der Waals surface area contributed by atoms with E-state index in [1.165, 1.54) is 16.7 Å².